The SMILES string of the molecule is C=CC(C)C1CCCN1C(=O)[C@H](O)[C@@H](O)C(=O)NCCc1cc(Cc2ccccc2C)cs1. The van der Waals surface area contributed by atoms with Crippen molar-refractivity contribution >= 4 is 23.2 Å². The number of rotatable bonds is 10. The summed E-state index contributed by atoms with van der Waals surface area (Å²) in [7, 11) is 0. The minimum Gasteiger partial charge on any atom is -0.380 e. The van der Waals surface area contributed by atoms with Crippen LogP contribution in [0.1, 0.15) is 41.3 Å². The molecule has 1 saturated heterocycles. The number of thiophene rings is 1. The number of aryl methyl sites for hydroxylation is 1. The lowest BCUT2D eigenvalue weighted by molar-refractivity contribution is -0.154. The van der Waals surface area contributed by atoms with Crippen molar-refractivity contribution in [3.8, 4) is 0 Å². The predicted octanol–water partition coefficient (Wildman–Crippen LogP) is 2.84. The van der Waals surface area contributed by atoms with E-state index in [1.807, 2.05) is 19.1 Å². The van der Waals surface area contributed by atoms with Crippen molar-refractivity contribution in [2.45, 2.75) is 57.8 Å². The quantitative estimate of drug-likeness (QED) is 0.466. The predicted molar refractivity (Wildman–Crippen MR) is 131 cm³/mol. The summed E-state index contributed by atoms with van der Waals surface area (Å²) in [6.07, 6.45) is 1.35. The average Bonchev–Trinajstić information content (AvgIpc) is 3.48. The number of aliphatic hydroxyl groups excluding tert-OH is 2. The molecule has 2 heterocycles. The highest BCUT2D eigenvalue weighted by Crippen LogP contribution is 2.26. The van der Waals surface area contributed by atoms with E-state index in [4.69, 9.17) is 0 Å². The normalized spacial score (nSPS) is 18.5. The van der Waals surface area contributed by atoms with Gasteiger partial charge < -0.3 is 20.4 Å². The molecular formula is C26H34N2O4S. The first-order chi connectivity index (χ1) is 15.8. The minimum atomic E-state index is -1.79. The molecular weight excluding hydrogens is 436 g/mol. The highest BCUT2D eigenvalue weighted by atomic mass is 32.1. The average molecular weight is 471 g/mol. The number of amides is 2. The Bertz CT molecular complexity index is 973. The van der Waals surface area contributed by atoms with Gasteiger partial charge in [0.15, 0.2) is 12.2 Å². The van der Waals surface area contributed by atoms with Crippen LogP contribution >= 0.6 is 11.3 Å². The van der Waals surface area contributed by atoms with Crippen LogP contribution in [0.15, 0.2) is 48.4 Å². The Hall–Kier alpha value is -2.48. The molecule has 1 aliphatic heterocycles. The number of carbonyl (C=O) groups excluding carboxylic acids is 2. The number of hydrogen-bond donors (Lipinski definition) is 3. The van der Waals surface area contributed by atoms with Crippen LogP contribution in [0.4, 0.5) is 0 Å². The van der Waals surface area contributed by atoms with Gasteiger partial charge in [-0.3, -0.25) is 9.59 Å². The van der Waals surface area contributed by atoms with Crippen LogP contribution in [-0.2, 0) is 22.4 Å². The Labute approximate surface area is 199 Å². The zero-order valence-electron chi connectivity index (χ0n) is 19.4. The maximum Gasteiger partial charge on any atom is 0.254 e. The molecule has 0 saturated carbocycles. The fourth-order valence-electron chi connectivity index (χ4n) is 4.31. The van der Waals surface area contributed by atoms with Crippen LogP contribution in [0.2, 0.25) is 0 Å². The van der Waals surface area contributed by atoms with Crippen molar-refractivity contribution in [1.29, 1.82) is 0 Å². The van der Waals surface area contributed by atoms with Gasteiger partial charge in [0.2, 0.25) is 0 Å². The minimum absolute atomic E-state index is 0.0624. The molecule has 0 spiro atoms. The third kappa shape index (κ3) is 6.31. The Morgan fingerprint density at radius 3 is 2.79 bits per heavy atom. The topological polar surface area (TPSA) is 89.9 Å². The number of nitrogens with one attached hydrogen (secondary N) is 1. The summed E-state index contributed by atoms with van der Waals surface area (Å²) in [5.41, 5.74) is 3.78. The number of nitrogens with zero attached hydrogens (tertiary/aromatic N) is 1. The Balaban J connectivity index is 1.47. The van der Waals surface area contributed by atoms with Gasteiger partial charge >= 0.3 is 0 Å². The zero-order chi connectivity index (χ0) is 24.0. The van der Waals surface area contributed by atoms with Gasteiger partial charge in [-0.15, -0.1) is 17.9 Å². The maximum absolute atomic E-state index is 12.7. The van der Waals surface area contributed by atoms with E-state index in [9.17, 15) is 19.8 Å². The molecule has 2 aromatic rings. The molecule has 1 aromatic carbocycles. The van der Waals surface area contributed by atoms with Gasteiger partial charge in [0.25, 0.3) is 11.8 Å². The number of benzene rings is 1. The number of likely N-dealkylation sites (tertiary alicyclic amines) is 1. The molecule has 178 valence electrons. The van der Waals surface area contributed by atoms with Crippen molar-refractivity contribution in [2.24, 2.45) is 5.92 Å². The van der Waals surface area contributed by atoms with Gasteiger partial charge in [-0.2, -0.15) is 0 Å². The number of aliphatic hydroxyl groups is 2. The first-order valence-corrected chi connectivity index (χ1v) is 12.4. The van der Waals surface area contributed by atoms with Gasteiger partial charge in [-0.05, 0) is 66.7 Å². The van der Waals surface area contributed by atoms with Gasteiger partial charge in [-0.25, -0.2) is 0 Å². The van der Waals surface area contributed by atoms with Crippen LogP contribution in [0.5, 0.6) is 0 Å². The molecule has 1 aromatic heterocycles. The highest BCUT2D eigenvalue weighted by molar-refractivity contribution is 7.10. The summed E-state index contributed by atoms with van der Waals surface area (Å²) in [6.45, 7) is 8.68. The van der Waals surface area contributed by atoms with E-state index in [0.29, 0.717) is 19.5 Å². The first-order valence-electron chi connectivity index (χ1n) is 11.5. The van der Waals surface area contributed by atoms with E-state index < -0.39 is 24.0 Å². The van der Waals surface area contributed by atoms with Crippen LogP contribution in [0, 0.1) is 12.8 Å². The molecule has 7 heteroatoms. The first kappa shape index (κ1) is 25.1. The Morgan fingerprint density at radius 2 is 2.06 bits per heavy atom. The molecule has 33 heavy (non-hydrogen) atoms. The van der Waals surface area contributed by atoms with E-state index in [1.165, 1.54) is 16.7 Å². The van der Waals surface area contributed by atoms with Crippen molar-refractivity contribution in [2.75, 3.05) is 13.1 Å². The summed E-state index contributed by atoms with van der Waals surface area (Å²) in [6, 6.07) is 10.4. The van der Waals surface area contributed by atoms with Crippen LogP contribution in [0.25, 0.3) is 0 Å². The van der Waals surface area contributed by atoms with Crippen molar-refractivity contribution in [3.05, 3.63) is 69.9 Å². The summed E-state index contributed by atoms with van der Waals surface area (Å²) >= 11 is 1.64. The second kappa shape index (κ2) is 11.6. The van der Waals surface area contributed by atoms with Gasteiger partial charge in [0.1, 0.15) is 0 Å². The Kier molecular flexibility index (Phi) is 8.83. The Morgan fingerprint density at radius 1 is 1.30 bits per heavy atom. The molecule has 3 N–H and O–H groups in total. The maximum atomic E-state index is 12.7. The lowest BCUT2D eigenvalue weighted by Gasteiger charge is -2.30. The lowest BCUT2D eigenvalue weighted by Crippen LogP contribution is -2.52. The van der Waals surface area contributed by atoms with Gasteiger partial charge in [0.05, 0.1) is 0 Å². The third-order valence-corrected chi connectivity index (χ3v) is 7.46. The molecule has 6 nitrogen and oxygen atoms in total. The molecule has 0 aliphatic carbocycles. The molecule has 1 fully saturated rings. The standard InChI is InChI=1S/C26H34N2O4S/c1-4-17(2)22-10-7-13-28(22)26(32)24(30)23(29)25(31)27-12-11-21-15-19(16-33-21)14-20-9-6-5-8-18(20)3/h4-6,8-9,15-17,22-24,29-30H,1,7,10-14H2,2-3H3,(H,27,31)/t17?,22?,23-,24-/m1/s1. The molecule has 1 aliphatic rings. The smallest absolute Gasteiger partial charge is 0.254 e. The molecule has 2 amide bonds. The molecule has 0 radical (unpaired) electrons. The summed E-state index contributed by atoms with van der Waals surface area (Å²) in [5.74, 6) is -1.26. The van der Waals surface area contributed by atoms with Crippen LogP contribution < -0.4 is 5.32 Å². The van der Waals surface area contributed by atoms with E-state index in [1.54, 1.807) is 22.3 Å². The third-order valence-electron chi connectivity index (χ3n) is 6.42. The van der Waals surface area contributed by atoms with Gasteiger partial charge in [-0.1, -0.05) is 37.3 Å². The number of carbonyl (C=O) groups is 2. The van der Waals surface area contributed by atoms with E-state index in [2.05, 4.69) is 42.4 Å². The van der Waals surface area contributed by atoms with E-state index in [-0.39, 0.29) is 12.0 Å². The highest BCUT2D eigenvalue weighted by Gasteiger charge is 2.39. The second-order valence-electron chi connectivity index (χ2n) is 8.79. The van der Waals surface area contributed by atoms with Crippen LogP contribution in [0.3, 0.4) is 0 Å². The summed E-state index contributed by atoms with van der Waals surface area (Å²) in [5, 5.41) is 25.4. The lowest BCUT2D eigenvalue weighted by atomic mass is 9.99. The fourth-order valence-corrected chi connectivity index (χ4v) is 5.20. The molecule has 3 rings (SSSR count). The largest absolute Gasteiger partial charge is 0.380 e. The summed E-state index contributed by atoms with van der Waals surface area (Å²) < 4.78 is 0. The number of hydrogen-bond acceptors (Lipinski definition) is 5. The van der Waals surface area contributed by atoms with Crippen LogP contribution in [-0.4, -0.2) is 58.3 Å². The fraction of sp³-hybridized carbons (Fsp3) is 0.462. The molecule has 4 atom stereocenters. The van der Waals surface area contributed by atoms with Crippen molar-refractivity contribution < 1.29 is 19.8 Å². The van der Waals surface area contributed by atoms with Crippen molar-refractivity contribution in [1.82, 2.24) is 10.2 Å². The van der Waals surface area contributed by atoms with Gasteiger partial charge in [0, 0.05) is 24.0 Å². The molecule has 2 unspecified atom stereocenters. The summed E-state index contributed by atoms with van der Waals surface area (Å²) in [4.78, 5) is 27.7. The van der Waals surface area contributed by atoms with E-state index >= 15 is 0 Å². The molecule has 0 bridgehead atoms. The van der Waals surface area contributed by atoms with E-state index in [0.717, 1.165) is 24.1 Å². The van der Waals surface area contributed by atoms with Crippen molar-refractivity contribution in [3.63, 3.8) is 0 Å². The second-order valence-corrected chi connectivity index (χ2v) is 9.79. The monoisotopic (exact) mass is 470 g/mol. The zero-order valence-corrected chi connectivity index (χ0v) is 20.2.